The topological polar surface area (TPSA) is 42.0 Å². The smallest absolute Gasteiger partial charge is 0.302 e. The van der Waals surface area contributed by atoms with Crippen molar-refractivity contribution in [1.82, 2.24) is 4.98 Å². The second-order valence-corrected chi connectivity index (χ2v) is 5.10. The minimum atomic E-state index is -4.47. The molecule has 90 valence electrons. The highest BCUT2D eigenvalue weighted by Crippen LogP contribution is 2.32. The molecule has 0 saturated carbocycles. The van der Waals surface area contributed by atoms with Crippen LogP contribution >= 0.6 is 11.3 Å². The number of alkyl halides is 3. The summed E-state index contributed by atoms with van der Waals surface area (Å²) >= 11 is 0.758. The van der Waals surface area contributed by atoms with E-state index in [4.69, 9.17) is 0 Å². The van der Waals surface area contributed by atoms with Gasteiger partial charge in [-0.05, 0) is 0 Å². The molecule has 3 nitrogen and oxygen atoms in total. The SMILES string of the molecule is CC(C)(C)C(=O)Nc1nc(C(F)(F)F)cs1. The van der Waals surface area contributed by atoms with Gasteiger partial charge in [0.05, 0.1) is 0 Å². The van der Waals surface area contributed by atoms with E-state index in [0.717, 1.165) is 16.7 Å². The predicted octanol–water partition coefficient (Wildman–Crippen LogP) is 3.15. The molecule has 1 aromatic heterocycles. The van der Waals surface area contributed by atoms with Crippen LogP contribution in [0.3, 0.4) is 0 Å². The molecule has 0 spiro atoms. The number of rotatable bonds is 1. The maximum Gasteiger partial charge on any atom is 0.434 e. The summed E-state index contributed by atoms with van der Waals surface area (Å²) < 4.78 is 36.6. The van der Waals surface area contributed by atoms with Gasteiger partial charge < -0.3 is 5.32 Å². The van der Waals surface area contributed by atoms with Crippen molar-refractivity contribution >= 4 is 22.4 Å². The predicted molar refractivity (Wildman–Crippen MR) is 55.2 cm³/mol. The van der Waals surface area contributed by atoms with Crippen LogP contribution < -0.4 is 5.32 Å². The zero-order valence-corrected chi connectivity index (χ0v) is 9.79. The molecule has 0 aliphatic heterocycles. The lowest BCUT2D eigenvalue weighted by atomic mass is 9.96. The molecule has 0 saturated heterocycles. The summed E-state index contributed by atoms with van der Waals surface area (Å²) in [6, 6.07) is 0. The van der Waals surface area contributed by atoms with Crippen molar-refractivity contribution in [2.24, 2.45) is 5.41 Å². The Morgan fingerprint density at radius 2 is 1.94 bits per heavy atom. The summed E-state index contributed by atoms with van der Waals surface area (Å²) in [5.74, 6) is -0.365. The molecule has 0 radical (unpaired) electrons. The number of thiazole rings is 1. The van der Waals surface area contributed by atoms with Gasteiger partial charge >= 0.3 is 6.18 Å². The first kappa shape index (κ1) is 13.0. The maximum absolute atomic E-state index is 12.2. The molecule has 16 heavy (non-hydrogen) atoms. The zero-order valence-electron chi connectivity index (χ0n) is 8.97. The lowest BCUT2D eigenvalue weighted by Crippen LogP contribution is -2.27. The molecular formula is C9H11F3N2OS. The Morgan fingerprint density at radius 3 is 2.31 bits per heavy atom. The fourth-order valence-corrected chi connectivity index (χ4v) is 1.46. The van der Waals surface area contributed by atoms with Crippen LogP contribution in [0.25, 0.3) is 0 Å². The van der Waals surface area contributed by atoms with Gasteiger partial charge in [-0.15, -0.1) is 11.3 Å². The van der Waals surface area contributed by atoms with Crippen molar-refractivity contribution in [3.63, 3.8) is 0 Å². The van der Waals surface area contributed by atoms with Crippen molar-refractivity contribution in [2.75, 3.05) is 5.32 Å². The zero-order chi connectivity index (χ0) is 12.6. The summed E-state index contributed by atoms with van der Waals surface area (Å²) in [6.45, 7) is 5.00. The van der Waals surface area contributed by atoms with E-state index in [1.807, 2.05) is 0 Å². The lowest BCUT2D eigenvalue weighted by Gasteiger charge is -2.15. The second kappa shape index (κ2) is 4.04. The molecule has 1 aromatic rings. The van der Waals surface area contributed by atoms with Crippen molar-refractivity contribution in [3.05, 3.63) is 11.1 Å². The van der Waals surface area contributed by atoms with Gasteiger partial charge in [0, 0.05) is 10.8 Å². The average molecular weight is 252 g/mol. The van der Waals surface area contributed by atoms with Crippen LogP contribution in [0.2, 0.25) is 0 Å². The van der Waals surface area contributed by atoms with E-state index in [2.05, 4.69) is 10.3 Å². The third-order valence-corrected chi connectivity index (χ3v) is 2.45. The Balaban J connectivity index is 2.78. The third-order valence-electron chi connectivity index (χ3n) is 1.70. The minimum Gasteiger partial charge on any atom is -0.302 e. The molecule has 0 unspecified atom stereocenters. The molecule has 1 amide bonds. The number of carbonyl (C=O) groups excluding carboxylic acids is 1. The molecule has 0 aliphatic carbocycles. The Morgan fingerprint density at radius 1 is 1.38 bits per heavy atom. The summed E-state index contributed by atoms with van der Waals surface area (Å²) in [5, 5.41) is 3.18. The van der Waals surface area contributed by atoms with E-state index >= 15 is 0 Å². The first-order chi connectivity index (χ1) is 7.10. The normalized spacial score (nSPS) is 12.6. The Bertz CT molecular complexity index is 392. The second-order valence-electron chi connectivity index (χ2n) is 4.24. The van der Waals surface area contributed by atoms with Crippen LogP contribution in [0, 0.1) is 5.41 Å². The molecule has 1 heterocycles. The number of hydrogen-bond acceptors (Lipinski definition) is 3. The quantitative estimate of drug-likeness (QED) is 0.834. The van der Waals surface area contributed by atoms with Crippen molar-refractivity contribution < 1.29 is 18.0 Å². The molecule has 0 fully saturated rings. The highest BCUT2D eigenvalue weighted by atomic mass is 32.1. The van der Waals surface area contributed by atoms with E-state index in [-0.39, 0.29) is 11.0 Å². The number of nitrogens with one attached hydrogen (secondary N) is 1. The average Bonchev–Trinajstić information content (AvgIpc) is 2.49. The van der Waals surface area contributed by atoms with Crippen LogP contribution in [-0.2, 0) is 11.0 Å². The van der Waals surface area contributed by atoms with Crippen molar-refractivity contribution in [2.45, 2.75) is 26.9 Å². The number of anilines is 1. The summed E-state index contributed by atoms with van der Waals surface area (Å²) in [7, 11) is 0. The van der Waals surface area contributed by atoms with Gasteiger partial charge in [0.15, 0.2) is 10.8 Å². The number of hydrogen-bond donors (Lipinski definition) is 1. The standard InChI is InChI=1S/C9H11F3N2OS/c1-8(2,3)6(15)14-7-13-5(4-16-7)9(10,11)12/h4H,1-3H3,(H,13,14,15). The van der Waals surface area contributed by atoms with Gasteiger partial charge in [-0.3, -0.25) is 4.79 Å². The largest absolute Gasteiger partial charge is 0.434 e. The van der Waals surface area contributed by atoms with E-state index in [0.29, 0.717) is 0 Å². The Hall–Kier alpha value is -1.11. The van der Waals surface area contributed by atoms with Gasteiger partial charge in [-0.2, -0.15) is 13.2 Å². The van der Waals surface area contributed by atoms with Gasteiger partial charge in [0.2, 0.25) is 5.91 Å². The number of carbonyl (C=O) groups is 1. The summed E-state index contributed by atoms with van der Waals surface area (Å²) in [5.41, 5.74) is -1.65. The molecule has 0 aromatic carbocycles. The van der Waals surface area contributed by atoms with Crippen LogP contribution in [0.15, 0.2) is 5.38 Å². The fraction of sp³-hybridized carbons (Fsp3) is 0.556. The molecule has 1 rings (SSSR count). The lowest BCUT2D eigenvalue weighted by molar-refractivity contribution is -0.140. The molecule has 0 aliphatic rings. The number of amides is 1. The van der Waals surface area contributed by atoms with Crippen LogP contribution in [-0.4, -0.2) is 10.9 Å². The van der Waals surface area contributed by atoms with Gasteiger partial charge in [0.25, 0.3) is 0 Å². The molecule has 7 heteroatoms. The van der Waals surface area contributed by atoms with Crippen LogP contribution in [0.4, 0.5) is 18.3 Å². The van der Waals surface area contributed by atoms with Gasteiger partial charge in [-0.1, -0.05) is 20.8 Å². The first-order valence-electron chi connectivity index (χ1n) is 4.45. The monoisotopic (exact) mass is 252 g/mol. The first-order valence-corrected chi connectivity index (χ1v) is 5.33. The minimum absolute atomic E-state index is 0.0350. The van der Waals surface area contributed by atoms with E-state index in [9.17, 15) is 18.0 Å². The van der Waals surface area contributed by atoms with Crippen molar-refractivity contribution in [3.8, 4) is 0 Å². The van der Waals surface area contributed by atoms with Crippen molar-refractivity contribution in [1.29, 1.82) is 0 Å². The van der Waals surface area contributed by atoms with E-state index in [1.54, 1.807) is 20.8 Å². The highest BCUT2D eigenvalue weighted by molar-refractivity contribution is 7.13. The maximum atomic E-state index is 12.2. The van der Waals surface area contributed by atoms with Gasteiger partial charge in [-0.25, -0.2) is 4.98 Å². The van der Waals surface area contributed by atoms with E-state index in [1.165, 1.54) is 0 Å². The number of nitrogens with zero attached hydrogens (tertiary/aromatic N) is 1. The molecule has 0 atom stereocenters. The van der Waals surface area contributed by atoms with Gasteiger partial charge in [0.1, 0.15) is 0 Å². The number of aromatic nitrogens is 1. The summed E-state index contributed by atoms with van der Waals surface area (Å²) in [6.07, 6.45) is -4.47. The van der Waals surface area contributed by atoms with Crippen LogP contribution in [0.5, 0.6) is 0 Å². The summed E-state index contributed by atoms with van der Waals surface area (Å²) in [4.78, 5) is 14.8. The highest BCUT2D eigenvalue weighted by Gasteiger charge is 2.34. The number of halogens is 3. The molecule has 1 N–H and O–H groups in total. The Labute approximate surface area is 94.7 Å². The van der Waals surface area contributed by atoms with Crippen LogP contribution in [0.1, 0.15) is 26.5 Å². The molecular weight excluding hydrogens is 241 g/mol. The fourth-order valence-electron chi connectivity index (χ4n) is 0.746. The van der Waals surface area contributed by atoms with E-state index < -0.39 is 17.3 Å². The third kappa shape index (κ3) is 3.19. The molecule has 0 bridgehead atoms. The Kier molecular flexibility index (Phi) is 3.27.